The van der Waals surface area contributed by atoms with Gasteiger partial charge in [0.25, 0.3) is 0 Å². The number of rotatable bonds is 49. The first-order valence-corrected chi connectivity index (χ1v) is 26.8. The van der Waals surface area contributed by atoms with Gasteiger partial charge in [-0.3, -0.25) is 9.59 Å². The van der Waals surface area contributed by atoms with Gasteiger partial charge in [0.05, 0.1) is 25.4 Å². The van der Waals surface area contributed by atoms with Gasteiger partial charge in [-0.2, -0.15) is 0 Å². The van der Waals surface area contributed by atoms with Crippen LogP contribution in [0.4, 0.5) is 0 Å². The molecule has 1 amide bonds. The van der Waals surface area contributed by atoms with Gasteiger partial charge < -0.3 is 20.3 Å². The van der Waals surface area contributed by atoms with E-state index in [4.69, 9.17) is 4.74 Å². The third kappa shape index (κ3) is 47.4. The Bertz CT molecular complexity index is 993. The summed E-state index contributed by atoms with van der Waals surface area (Å²) >= 11 is 0. The normalized spacial score (nSPS) is 12.9. The second-order valence-corrected chi connectivity index (χ2v) is 18.2. The molecule has 0 aliphatic heterocycles. The van der Waals surface area contributed by atoms with Crippen molar-refractivity contribution in [2.75, 3.05) is 13.2 Å². The standard InChI is InChI=1S/C55H103NO5/c1-3-5-7-9-11-13-14-15-16-17-18-19-23-26-29-33-37-41-45-49-55(60)61-50-46-42-38-34-30-27-24-21-20-22-25-28-32-36-40-44-48-54(59)56-52(51-57)53(58)47-43-39-35-31-12-10-8-6-4-2/h15-16,20,22,43,47,52-53,57-58H,3-14,17-19,21,23-42,44-46,48-51H2,1-2H3,(H,56,59)/b16-15-,22-20-,47-43+. The third-order valence-corrected chi connectivity index (χ3v) is 12.1. The van der Waals surface area contributed by atoms with E-state index in [2.05, 4.69) is 43.5 Å². The number of carbonyl (C=O) groups is 2. The summed E-state index contributed by atoms with van der Waals surface area (Å²) in [5, 5.41) is 22.9. The molecule has 0 aromatic carbocycles. The van der Waals surface area contributed by atoms with Gasteiger partial charge in [-0.15, -0.1) is 0 Å². The Morgan fingerprint density at radius 1 is 0.443 bits per heavy atom. The van der Waals surface area contributed by atoms with Crippen molar-refractivity contribution in [1.82, 2.24) is 5.32 Å². The van der Waals surface area contributed by atoms with Gasteiger partial charge in [-0.05, 0) is 83.5 Å². The number of aliphatic hydroxyl groups is 2. The minimum Gasteiger partial charge on any atom is -0.466 e. The Kier molecular flexibility index (Phi) is 49.1. The van der Waals surface area contributed by atoms with Crippen molar-refractivity contribution >= 4 is 11.9 Å². The number of hydrogen-bond acceptors (Lipinski definition) is 5. The summed E-state index contributed by atoms with van der Waals surface area (Å²) in [5.74, 6) is -0.0937. The highest BCUT2D eigenvalue weighted by molar-refractivity contribution is 5.76. The van der Waals surface area contributed by atoms with E-state index in [1.807, 2.05) is 6.08 Å². The molecule has 3 N–H and O–H groups in total. The number of ether oxygens (including phenoxy) is 1. The zero-order valence-electron chi connectivity index (χ0n) is 40.6. The fourth-order valence-electron chi connectivity index (χ4n) is 7.97. The van der Waals surface area contributed by atoms with E-state index in [1.165, 1.54) is 186 Å². The molecule has 0 aromatic heterocycles. The maximum Gasteiger partial charge on any atom is 0.305 e. The quantitative estimate of drug-likeness (QED) is 0.0322. The van der Waals surface area contributed by atoms with Crippen molar-refractivity contribution in [3.05, 3.63) is 36.5 Å². The molecule has 0 bridgehead atoms. The van der Waals surface area contributed by atoms with Gasteiger partial charge in [0.2, 0.25) is 5.91 Å². The number of esters is 1. The van der Waals surface area contributed by atoms with Gasteiger partial charge >= 0.3 is 5.97 Å². The predicted octanol–water partition coefficient (Wildman–Crippen LogP) is 16.1. The fourth-order valence-corrected chi connectivity index (χ4v) is 7.97. The fraction of sp³-hybridized carbons (Fsp3) is 0.855. The first-order chi connectivity index (χ1) is 30.0. The number of hydrogen-bond donors (Lipinski definition) is 3. The molecule has 0 rings (SSSR count). The van der Waals surface area contributed by atoms with Crippen LogP contribution in [0.15, 0.2) is 36.5 Å². The van der Waals surface area contributed by atoms with Crippen LogP contribution in [-0.2, 0) is 14.3 Å². The van der Waals surface area contributed by atoms with Gasteiger partial charge in [-0.25, -0.2) is 0 Å². The van der Waals surface area contributed by atoms with Gasteiger partial charge in [0, 0.05) is 12.8 Å². The monoisotopic (exact) mass is 858 g/mol. The molecule has 0 aromatic rings. The summed E-state index contributed by atoms with van der Waals surface area (Å²) in [4.78, 5) is 24.4. The minimum absolute atomic E-state index is 0.00515. The second-order valence-electron chi connectivity index (χ2n) is 18.2. The largest absolute Gasteiger partial charge is 0.466 e. The summed E-state index contributed by atoms with van der Waals surface area (Å²) in [7, 11) is 0. The van der Waals surface area contributed by atoms with Crippen LogP contribution in [0.25, 0.3) is 0 Å². The van der Waals surface area contributed by atoms with Crippen LogP contribution in [0.5, 0.6) is 0 Å². The number of allylic oxidation sites excluding steroid dienone is 5. The first-order valence-electron chi connectivity index (χ1n) is 26.8. The molecule has 2 unspecified atom stereocenters. The number of unbranched alkanes of at least 4 members (excludes halogenated alkanes) is 34. The summed E-state index contributed by atoms with van der Waals surface area (Å²) in [6.07, 6.45) is 61.6. The van der Waals surface area contributed by atoms with E-state index >= 15 is 0 Å². The van der Waals surface area contributed by atoms with Crippen LogP contribution in [0.2, 0.25) is 0 Å². The van der Waals surface area contributed by atoms with Crippen molar-refractivity contribution in [2.45, 2.75) is 289 Å². The predicted molar refractivity (Wildman–Crippen MR) is 264 cm³/mol. The molecule has 0 aliphatic carbocycles. The van der Waals surface area contributed by atoms with Crippen molar-refractivity contribution in [2.24, 2.45) is 0 Å². The Morgan fingerprint density at radius 3 is 1.16 bits per heavy atom. The third-order valence-electron chi connectivity index (χ3n) is 12.1. The van der Waals surface area contributed by atoms with Crippen molar-refractivity contribution < 1.29 is 24.5 Å². The molecule has 0 saturated heterocycles. The molecule has 6 heteroatoms. The Morgan fingerprint density at radius 2 is 0.770 bits per heavy atom. The minimum atomic E-state index is -0.853. The zero-order chi connectivity index (χ0) is 44.4. The van der Waals surface area contributed by atoms with E-state index in [1.54, 1.807) is 6.08 Å². The van der Waals surface area contributed by atoms with Crippen LogP contribution < -0.4 is 5.32 Å². The lowest BCUT2D eigenvalue weighted by atomic mass is 10.1. The summed E-state index contributed by atoms with van der Waals surface area (Å²) in [6.45, 7) is 4.84. The lowest BCUT2D eigenvalue weighted by Crippen LogP contribution is -2.45. The van der Waals surface area contributed by atoms with E-state index < -0.39 is 12.1 Å². The highest BCUT2D eigenvalue weighted by Crippen LogP contribution is 2.15. The molecule has 61 heavy (non-hydrogen) atoms. The zero-order valence-corrected chi connectivity index (χ0v) is 40.6. The smallest absolute Gasteiger partial charge is 0.305 e. The number of aliphatic hydroxyl groups excluding tert-OH is 2. The van der Waals surface area contributed by atoms with E-state index in [0.717, 1.165) is 64.2 Å². The van der Waals surface area contributed by atoms with E-state index in [0.29, 0.717) is 19.4 Å². The van der Waals surface area contributed by atoms with Crippen LogP contribution in [0.1, 0.15) is 277 Å². The van der Waals surface area contributed by atoms with E-state index in [-0.39, 0.29) is 18.5 Å². The van der Waals surface area contributed by atoms with Crippen LogP contribution in [0, 0.1) is 0 Å². The Hall–Kier alpha value is -1.92. The molecule has 0 aliphatic rings. The molecular formula is C55H103NO5. The maximum absolute atomic E-state index is 12.4. The highest BCUT2D eigenvalue weighted by Gasteiger charge is 2.18. The second kappa shape index (κ2) is 50.7. The lowest BCUT2D eigenvalue weighted by molar-refractivity contribution is -0.143. The average Bonchev–Trinajstić information content (AvgIpc) is 3.26. The van der Waals surface area contributed by atoms with Gasteiger partial charge in [-0.1, -0.05) is 217 Å². The molecule has 0 saturated carbocycles. The summed E-state index contributed by atoms with van der Waals surface area (Å²) in [6, 6.07) is -0.638. The van der Waals surface area contributed by atoms with Crippen LogP contribution >= 0.6 is 0 Å². The maximum atomic E-state index is 12.4. The summed E-state index contributed by atoms with van der Waals surface area (Å²) in [5.41, 5.74) is 0. The van der Waals surface area contributed by atoms with Gasteiger partial charge in [0.15, 0.2) is 0 Å². The molecule has 0 spiro atoms. The molecule has 0 fully saturated rings. The number of carbonyl (C=O) groups excluding carboxylic acids is 2. The topological polar surface area (TPSA) is 95.9 Å². The first kappa shape index (κ1) is 59.1. The molecule has 0 radical (unpaired) electrons. The van der Waals surface area contributed by atoms with Crippen molar-refractivity contribution in [3.8, 4) is 0 Å². The number of amides is 1. The molecule has 358 valence electrons. The average molecular weight is 858 g/mol. The number of nitrogens with one attached hydrogen (secondary N) is 1. The van der Waals surface area contributed by atoms with Crippen LogP contribution in [0.3, 0.4) is 0 Å². The highest BCUT2D eigenvalue weighted by atomic mass is 16.5. The van der Waals surface area contributed by atoms with Crippen molar-refractivity contribution in [3.63, 3.8) is 0 Å². The molecule has 2 atom stereocenters. The Balaban J connectivity index is 3.44. The summed E-state index contributed by atoms with van der Waals surface area (Å²) < 4.78 is 5.48. The molecule has 0 heterocycles. The lowest BCUT2D eigenvalue weighted by Gasteiger charge is -2.20. The van der Waals surface area contributed by atoms with Crippen molar-refractivity contribution in [1.29, 1.82) is 0 Å². The SMILES string of the molecule is CCCCCCCC/C=C\CCCCCCCCCCCC(=O)OCCCCCCCCC/C=C\CCCCCCCC(=O)NC(CO)C(O)/C=C/CCCCCCCCC. The Labute approximate surface area is 379 Å². The molecular weight excluding hydrogens is 755 g/mol. The van der Waals surface area contributed by atoms with Crippen LogP contribution in [-0.4, -0.2) is 47.4 Å². The van der Waals surface area contributed by atoms with Gasteiger partial charge in [0.1, 0.15) is 0 Å². The van der Waals surface area contributed by atoms with E-state index in [9.17, 15) is 19.8 Å². The molecule has 6 nitrogen and oxygen atoms in total.